The number of rotatable bonds is 1. The molecule has 1 aliphatic rings. The molecule has 5 heteroatoms. The molecule has 4 nitrogen and oxygen atoms in total. The standard InChI is InChI=1S/C10H11NO3S/c11-10(15(12,13)14)7-3-5-8-4-1-2-6-9(8)10/h1-6H,7,11H2,(H,12,13,14). The summed E-state index contributed by atoms with van der Waals surface area (Å²) in [6.45, 7) is 0. The number of hydrogen-bond donors (Lipinski definition) is 2. The quantitative estimate of drug-likeness (QED) is 0.701. The molecule has 0 bridgehead atoms. The molecule has 1 aromatic carbocycles. The van der Waals surface area contributed by atoms with E-state index in [2.05, 4.69) is 0 Å². The molecule has 0 saturated carbocycles. The molecule has 1 atom stereocenters. The number of nitrogens with two attached hydrogens (primary N) is 1. The second kappa shape index (κ2) is 3.16. The van der Waals surface area contributed by atoms with Gasteiger partial charge in [0.2, 0.25) is 0 Å². The largest absolute Gasteiger partial charge is 0.307 e. The van der Waals surface area contributed by atoms with Crippen molar-refractivity contribution in [3.8, 4) is 0 Å². The second-order valence-corrected chi connectivity index (χ2v) is 5.24. The Morgan fingerprint density at radius 3 is 2.67 bits per heavy atom. The molecular weight excluding hydrogens is 214 g/mol. The third-order valence-electron chi connectivity index (χ3n) is 2.60. The first-order chi connectivity index (χ1) is 6.95. The summed E-state index contributed by atoms with van der Waals surface area (Å²) in [6.07, 6.45) is 3.53. The van der Waals surface area contributed by atoms with E-state index in [4.69, 9.17) is 10.3 Å². The Labute approximate surface area is 88.2 Å². The molecule has 1 aromatic rings. The van der Waals surface area contributed by atoms with Crippen LogP contribution in [0.2, 0.25) is 0 Å². The second-order valence-electron chi connectivity index (χ2n) is 3.56. The lowest BCUT2D eigenvalue weighted by Gasteiger charge is -2.29. The fraction of sp³-hybridized carbons (Fsp3) is 0.200. The first-order valence-electron chi connectivity index (χ1n) is 4.47. The number of benzene rings is 1. The van der Waals surface area contributed by atoms with Gasteiger partial charge < -0.3 is 5.73 Å². The summed E-state index contributed by atoms with van der Waals surface area (Å²) < 4.78 is 31.7. The van der Waals surface area contributed by atoms with Crippen LogP contribution in [0.4, 0.5) is 0 Å². The van der Waals surface area contributed by atoms with Gasteiger partial charge in [-0.2, -0.15) is 8.42 Å². The maximum Gasteiger partial charge on any atom is 0.288 e. The van der Waals surface area contributed by atoms with Crippen LogP contribution in [0.3, 0.4) is 0 Å². The fourth-order valence-corrected chi connectivity index (χ4v) is 2.51. The molecule has 0 fully saturated rings. The number of hydrogen-bond acceptors (Lipinski definition) is 3. The van der Waals surface area contributed by atoms with Gasteiger partial charge in [0, 0.05) is 6.42 Å². The molecule has 2 rings (SSSR count). The van der Waals surface area contributed by atoms with Gasteiger partial charge in [0.25, 0.3) is 10.1 Å². The van der Waals surface area contributed by atoms with Gasteiger partial charge >= 0.3 is 0 Å². The first-order valence-corrected chi connectivity index (χ1v) is 5.91. The van der Waals surface area contributed by atoms with E-state index in [-0.39, 0.29) is 6.42 Å². The van der Waals surface area contributed by atoms with E-state index < -0.39 is 15.0 Å². The van der Waals surface area contributed by atoms with E-state index in [9.17, 15) is 8.42 Å². The highest BCUT2D eigenvalue weighted by Gasteiger charge is 2.42. The van der Waals surface area contributed by atoms with Crippen LogP contribution in [0.5, 0.6) is 0 Å². The van der Waals surface area contributed by atoms with Crippen LogP contribution in [0.1, 0.15) is 17.5 Å². The third-order valence-corrected chi connectivity index (χ3v) is 3.90. The van der Waals surface area contributed by atoms with Crippen LogP contribution in [0.15, 0.2) is 30.3 Å². The van der Waals surface area contributed by atoms with Crippen LogP contribution in [0.25, 0.3) is 6.08 Å². The van der Waals surface area contributed by atoms with E-state index in [0.717, 1.165) is 5.56 Å². The van der Waals surface area contributed by atoms with Gasteiger partial charge in [-0.3, -0.25) is 4.55 Å². The Morgan fingerprint density at radius 1 is 1.33 bits per heavy atom. The van der Waals surface area contributed by atoms with Crippen molar-refractivity contribution >= 4 is 16.2 Å². The molecule has 0 heterocycles. The Morgan fingerprint density at radius 2 is 2.00 bits per heavy atom. The van der Waals surface area contributed by atoms with Gasteiger partial charge in [-0.1, -0.05) is 36.4 Å². The Kier molecular flexibility index (Phi) is 2.18. The monoisotopic (exact) mass is 225 g/mol. The summed E-state index contributed by atoms with van der Waals surface area (Å²) in [7, 11) is -4.31. The summed E-state index contributed by atoms with van der Waals surface area (Å²) in [4.78, 5) is -1.71. The van der Waals surface area contributed by atoms with Crippen molar-refractivity contribution in [2.75, 3.05) is 0 Å². The van der Waals surface area contributed by atoms with E-state index in [1.54, 1.807) is 36.4 Å². The molecular formula is C10H11NO3S. The van der Waals surface area contributed by atoms with Crippen LogP contribution < -0.4 is 5.73 Å². The lowest BCUT2D eigenvalue weighted by molar-refractivity contribution is 0.427. The summed E-state index contributed by atoms with van der Waals surface area (Å²) in [5.74, 6) is 0. The minimum absolute atomic E-state index is 0.0862. The van der Waals surface area contributed by atoms with Gasteiger partial charge in [-0.05, 0) is 11.1 Å². The maximum atomic E-state index is 11.3. The first kappa shape index (κ1) is 10.4. The Hall–Kier alpha value is -1.17. The van der Waals surface area contributed by atoms with Crippen LogP contribution in [0, 0.1) is 0 Å². The van der Waals surface area contributed by atoms with E-state index in [0.29, 0.717) is 5.56 Å². The SMILES string of the molecule is NC1(S(=O)(=O)O)CC=Cc2ccccc21. The smallest absolute Gasteiger partial charge is 0.288 e. The van der Waals surface area contributed by atoms with Gasteiger partial charge in [0.1, 0.15) is 0 Å². The minimum atomic E-state index is -4.31. The molecule has 0 saturated heterocycles. The lowest BCUT2D eigenvalue weighted by Crippen LogP contribution is -2.45. The molecule has 0 amide bonds. The van der Waals surface area contributed by atoms with Crippen molar-refractivity contribution in [2.24, 2.45) is 5.73 Å². The van der Waals surface area contributed by atoms with Crippen LogP contribution in [-0.4, -0.2) is 13.0 Å². The molecule has 1 unspecified atom stereocenters. The zero-order chi connectivity index (χ0) is 11.1. The van der Waals surface area contributed by atoms with E-state index in [1.807, 2.05) is 0 Å². The molecule has 0 aliphatic heterocycles. The molecule has 15 heavy (non-hydrogen) atoms. The highest BCUT2D eigenvalue weighted by molar-refractivity contribution is 7.86. The predicted octanol–water partition coefficient (Wildman–Crippen LogP) is 1.10. The highest BCUT2D eigenvalue weighted by atomic mass is 32.2. The van der Waals surface area contributed by atoms with E-state index in [1.165, 1.54) is 0 Å². The van der Waals surface area contributed by atoms with E-state index >= 15 is 0 Å². The molecule has 0 spiro atoms. The predicted molar refractivity (Wildman–Crippen MR) is 57.5 cm³/mol. The molecule has 0 aromatic heterocycles. The van der Waals surface area contributed by atoms with Crippen LogP contribution in [-0.2, 0) is 15.0 Å². The molecule has 1 aliphatic carbocycles. The zero-order valence-corrected chi connectivity index (χ0v) is 8.74. The van der Waals surface area contributed by atoms with Crippen LogP contribution >= 0.6 is 0 Å². The lowest BCUT2D eigenvalue weighted by atomic mass is 9.93. The molecule has 3 N–H and O–H groups in total. The minimum Gasteiger partial charge on any atom is -0.307 e. The van der Waals surface area contributed by atoms with Crippen molar-refractivity contribution in [1.29, 1.82) is 0 Å². The highest BCUT2D eigenvalue weighted by Crippen LogP contribution is 2.34. The average molecular weight is 225 g/mol. The average Bonchev–Trinajstić information content (AvgIpc) is 2.17. The summed E-state index contributed by atoms with van der Waals surface area (Å²) in [5.41, 5.74) is 6.92. The zero-order valence-electron chi connectivity index (χ0n) is 7.92. The normalized spacial score (nSPS) is 24.9. The van der Waals surface area contributed by atoms with Gasteiger partial charge in [-0.15, -0.1) is 0 Å². The van der Waals surface area contributed by atoms with Crippen molar-refractivity contribution in [3.63, 3.8) is 0 Å². The summed E-state index contributed by atoms with van der Waals surface area (Å²) in [5, 5.41) is 0. The fourth-order valence-electron chi connectivity index (χ4n) is 1.74. The molecule has 80 valence electrons. The Bertz CT molecular complexity index is 521. The van der Waals surface area contributed by atoms with Crippen molar-refractivity contribution in [2.45, 2.75) is 11.3 Å². The van der Waals surface area contributed by atoms with Crippen molar-refractivity contribution < 1.29 is 13.0 Å². The maximum absolute atomic E-state index is 11.3. The topological polar surface area (TPSA) is 80.4 Å². The van der Waals surface area contributed by atoms with Crippen molar-refractivity contribution in [3.05, 3.63) is 41.5 Å². The van der Waals surface area contributed by atoms with Gasteiger partial charge in [0.15, 0.2) is 4.87 Å². The third kappa shape index (κ3) is 1.49. The summed E-state index contributed by atoms with van der Waals surface area (Å²) in [6, 6.07) is 6.87. The van der Waals surface area contributed by atoms with Gasteiger partial charge in [-0.25, -0.2) is 0 Å². The van der Waals surface area contributed by atoms with Gasteiger partial charge in [0.05, 0.1) is 0 Å². The summed E-state index contributed by atoms with van der Waals surface area (Å²) >= 11 is 0. The number of fused-ring (bicyclic) bond motifs is 1. The van der Waals surface area contributed by atoms with Crippen molar-refractivity contribution in [1.82, 2.24) is 0 Å². The molecule has 0 radical (unpaired) electrons. The Balaban J connectivity index is 2.71.